The molecule has 2 rings (SSSR count). The highest BCUT2D eigenvalue weighted by molar-refractivity contribution is 5.89. The predicted molar refractivity (Wildman–Crippen MR) is 77.5 cm³/mol. The number of hydrogen-bond acceptors (Lipinski definition) is 3. The Hall–Kier alpha value is -2.36. The van der Waals surface area contributed by atoms with Crippen LogP contribution in [0.4, 0.5) is 0 Å². The van der Waals surface area contributed by atoms with Crippen LogP contribution in [0.2, 0.25) is 0 Å². The van der Waals surface area contributed by atoms with Crippen molar-refractivity contribution < 1.29 is 14.3 Å². The van der Waals surface area contributed by atoms with Crippen molar-refractivity contribution in [3.63, 3.8) is 0 Å². The number of rotatable bonds is 3. The van der Waals surface area contributed by atoms with Gasteiger partial charge in [-0.05, 0) is 23.8 Å². The molecule has 0 unspecified atom stereocenters. The van der Waals surface area contributed by atoms with Crippen LogP contribution in [-0.4, -0.2) is 11.9 Å². The van der Waals surface area contributed by atoms with Crippen molar-refractivity contribution >= 4 is 22.6 Å². The van der Waals surface area contributed by atoms with Gasteiger partial charge in [-0.15, -0.1) is 0 Å². The Morgan fingerprint density at radius 3 is 2.45 bits per heavy atom. The van der Waals surface area contributed by atoms with E-state index in [9.17, 15) is 9.59 Å². The third-order valence-corrected chi connectivity index (χ3v) is 3.04. The molecule has 0 saturated heterocycles. The Bertz CT molecular complexity index is 664. The van der Waals surface area contributed by atoms with E-state index < -0.39 is 0 Å². The van der Waals surface area contributed by atoms with Crippen molar-refractivity contribution in [3.05, 3.63) is 42.0 Å². The molecule has 0 fully saturated rings. The van der Waals surface area contributed by atoms with Crippen LogP contribution >= 0.6 is 0 Å². The van der Waals surface area contributed by atoms with Crippen molar-refractivity contribution in [1.82, 2.24) is 5.32 Å². The lowest BCUT2D eigenvalue weighted by Gasteiger charge is -2.19. The number of benzene rings is 2. The fourth-order valence-electron chi connectivity index (χ4n) is 2.34. The average molecular weight is 271 g/mol. The maximum atomic E-state index is 11.3. The SMILES string of the molecule is CC(=O)N[C@@H](C)c1c(OC(C)=O)ccc2ccccc12. The van der Waals surface area contributed by atoms with Gasteiger partial charge in [-0.3, -0.25) is 9.59 Å². The molecule has 20 heavy (non-hydrogen) atoms. The molecule has 1 N–H and O–H groups in total. The van der Waals surface area contributed by atoms with Crippen LogP contribution < -0.4 is 10.1 Å². The molecular weight excluding hydrogens is 254 g/mol. The number of esters is 1. The molecule has 0 heterocycles. The van der Waals surface area contributed by atoms with E-state index in [2.05, 4.69) is 5.32 Å². The minimum Gasteiger partial charge on any atom is -0.426 e. The molecule has 2 aromatic carbocycles. The first-order valence-electron chi connectivity index (χ1n) is 6.46. The van der Waals surface area contributed by atoms with Gasteiger partial charge in [0.25, 0.3) is 0 Å². The summed E-state index contributed by atoms with van der Waals surface area (Å²) in [6, 6.07) is 11.2. The van der Waals surface area contributed by atoms with Gasteiger partial charge in [0.1, 0.15) is 5.75 Å². The largest absolute Gasteiger partial charge is 0.426 e. The normalized spacial score (nSPS) is 11.9. The maximum Gasteiger partial charge on any atom is 0.308 e. The van der Waals surface area contributed by atoms with Crippen LogP contribution in [-0.2, 0) is 9.59 Å². The van der Waals surface area contributed by atoms with Crippen molar-refractivity contribution in [2.75, 3.05) is 0 Å². The zero-order valence-electron chi connectivity index (χ0n) is 11.8. The lowest BCUT2D eigenvalue weighted by molar-refractivity contribution is -0.131. The van der Waals surface area contributed by atoms with Gasteiger partial charge >= 0.3 is 5.97 Å². The van der Waals surface area contributed by atoms with Crippen molar-refractivity contribution in [1.29, 1.82) is 0 Å². The summed E-state index contributed by atoms with van der Waals surface area (Å²) in [7, 11) is 0. The molecule has 1 atom stereocenters. The molecule has 0 radical (unpaired) electrons. The first-order valence-corrected chi connectivity index (χ1v) is 6.46. The van der Waals surface area contributed by atoms with E-state index in [1.54, 1.807) is 6.07 Å². The van der Waals surface area contributed by atoms with Crippen LogP contribution in [0.3, 0.4) is 0 Å². The number of carbonyl (C=O) groups excluding carboxylic acids is 2. The summed E-state index contributed by atoms with van der Waals surface area (Å²) < 4.78 is 5.27. The van der Waals surface area contributed by atoms with E-state index in [0.717, 1.165) is 16.3 Å². The molecule has 0 aliphatic rings. The summed E-state index contributed by atoms with van der Waals surface area (Å²) in [6.45, 7) is 4.70. The van der Waals surface area contributed by atoms with Crippen LogP contribution in [0.5, 0.6) is 5.75 Å². The number of nitrogens with one attached hydrogen (secondary N) is 1. The van der Waals surface area contributed by atoms with Crippen LogP contribution in [0.1, 0.15) is 32.4 Å². The summed E-state index contributed by atoms with van der Waals surface area (Å²) >= 11 is 0. The van der Waals surface area contributed by atoms with Gasteiger partial charge in [0.2, 0.25) is 5.91 Å². The maximum absolute atomic E-state index is 11.3. The minimum absolute atomic E-state index is 0.126. The zero-order valence-corrected chi connectivity index (χ0v) is 11.8. The Labute approximate surface area is 117 Å². The van der Waals surface area contributed by atoms with Gasteiger partial charge in [0.15, 0.2) is 0 Å². The molecule has 1 amide bonds. The quantitative estimate of drug-likeness (QED) is 0.689. The Morgan fingerprint density at radius 2 is 1.80 bits per heavy atom. The molecule has 0 aliphatic carbocycles. The highest BCUT2D eigenvalue weighted by atomic mass is 16.5. The molecule has 0 bridgehead atoms. The van der Waals surface area contributed by atoms with Crippen molar-refractivity contribution in [3.8, 4) is 5.75 Å². The van der Waals surface area contributed by atoms with Crippen molar-refractivity contribution in [2.24, 2.45) is 0 Å². The van der Waals surface area contributed by atoms with Gasteiger partial charge in [-0.2, -0.15) is 0 Å². The van der Waals surface area contributed by atoms with E-state index >= 15 is 0 Å². The number of amides is 1. The molecule has 0 saturated carbocycles. The highest BCUT2D eigenvalue weighted by Crippen LogP contribution is 2.33. The standard InChI is InChI=1S/C16H17NO3/c1-10(17-11(2)18)16-14-7-5-4-6-13(14)8-9-15(16)20-12(3)19/h4-10H,1-3H3,(H,17,18)/t10-/m0/s1. The second-order valence-electron chi connectivity index (χ2n) is 4.71. The smallest absolute Gasteiger partial charge is 0.308 e. The van der Waals surface area contributed by atoms with Gasteiger partial charge < -0.3 is 10.1 Å². The molecule has 0 spiro atoms. The Morgan fingerprint density at radius 1 is 1.10 bits per heavy atom. The minimum atomic E-state index is -0.378. The molecule has 0 aromatic heterocycles. The third-order valence-electron chi connectivity index (χ3n) is 3.04. The number of carbonyl (C=O) groups is 2. The number of ether oxygens (including phenoxy) is 1. The van der Waals surface area contributed by atoms with E-state index in [-0.39, 0.29) is 17.9 Å². The highest BCUT2D eigenvalue weighted by Gasteiger charge is 2.17. The first-order chi connectivity index (χ1) is 9.49. The van der Waals surface area contributed by atoms with Crippen LogP contribution in [0.25, 0.3) is 10.8 Å². The second kappa shape index (κ2) is 5.74. The van der Waals surface area contributed by atoms with Crippen LogP contribution in [0.15, 0.2) is 36.4 Å². The molecule has 0 aliphatic heterocycles. The third kappa shape index (κ3) is 2.96. The number of fused-ring (bicyclic) bond motifs is 1. The van der Waals surface area contributed by atoms with Crippen LogP contribution in [0, 0.1) is 0 Å². The van der Waals surface area contributed by atoms with Gasteiger partial charge in [0, 0.05) is 19.4 Å². The number of hydrogen-bond donors (Lipinski definition) is 1. The van der Waals surface area contributed by atoms with Gasteiger partial charge in [-0.25, -0.2) is 0 Å². The lowest BCUT2D eigenvalue weighted by Crippen LogP contribution is -2.24. The Balaban J connectivity index is 2.60. The molecule has 4 heteroatoms. The molecular formula is C16H17NO3. The molecule has 104 valence electrons. The topological polar surface area (TPSA) is 55.4 Å². The van der Waals surface area contributed by atoms with E-state index in [0.29, 0.717) is 5.75 Å². The molecule has 4 nitrogen and oxygen atoms in total. The van der Waals surface area contributed by atoms with E-state index in [1.165, 1.54) is 13.8 Å². The van der Waals surface area contributed by atoms with E-state index in [4.69, 9.17) is 4.74 Å². The monoisotopic (exact) mass is 271 g/mol. The van der Waals surface area contributed by atoms with Gasteiger partial charge in [0.05, 0.1) is 6.04 Å². The Kier molecular flexibility index (Phi) is 4.03. The molecule has 2 aromatic rings. The predicted octanol–water partition coefficient (Wildman–Crippen LogP) is 2.96. The first kappa shape index (κ1) is 14.1. The van der Waals surface area contributed by atoms with Crippen molar-refractivity contribution in [2.45, 2.75) is 26.8 Å². The van der Waals surface area contributed by atoms with Gasteiger partial charge in [-0.1, -0.05) is 30.3 Å². The summed E-state index contributed by atoms with van der Waals surface area (Å²) in [5, 5.41) is 4.84. The summed E-state index contributed by atoms with van der Waals surface area (Å²) in [5.74, 6) is -0.0202. The summed E-state index contributed by atoms with van der Waals surface area (Å²) in [5.41, 5.74) is 0.813. The second-order valence-corrected chi connectivity index (χ2v) is 4.71. The fourth-order valence-corrected chi connectivity index (χ4v) is 2.34. The summed E-state index contributed by atoms with van der Waals surface area (Å²) in [4.78, 5) is 22.5. The van der Waals surface area contributed by atoms with E-state index in [1.807, 2.05) is 37.3 Å². The lowest BCUT2D eigenvalue weighted by atomic mass is 9.98. The zero-order chi connectivity index (χ0) is 14.7. The average Bonchev–Trinajstić information content (AvgIpc) is 2.36. The fraction of sp³-hybridized carbons (Fsp3) is 0.250. The summed E-state index contributed by atoms with van der Waals surface area (Å²) in [6.07, 6.45) is 0.